The molecular weight excluding hydrogens is 397 g/mol. The lowest BCUT2D eigenvalue weighted by molar-refractivity contribution is -0.141. The van der Waals surface area contributed by atoms with E-state index in [2.05, 4.69) is 10.4 Å². The molecule has 1 fully saturated rings. The third-order valence-corrected chi connectivity index (χ3v) is 6.24. The van der Waals surface area contributed by atoms with Crippen molar-refractivity contribution in [2.24, 2.45) is 0 Å². The number of nitrogens with zero attached hydrogens (tertiary/aromatic N) is 3. The maximum atomic E-state index is 12.6. The lowest BCUT2D eigenvalue weighted by Gasteiger charge is -2.25. The predicted octanol–water partition coefficient (Wildman–Crippen LogP) is 2.72. The fourth-order valence-electron chi connectivity index (χ4n) is 2.91. The van der Waals surface area contributed by atoms with E-state index in [9.17, 15) is 26.4 Å². The van der Waals surface area contributed by atoms with E-state index in [0.717, 1.165) is 36.2 Å². The van der Waals surface area contributed by atoms with E-state index < -0.39 is 34.3 Å². The Morgan fingerprint density at radius 3 is 2.29 bits per heavy atom. The van der Waals surface area contributed by atoms with Gasteiger partial charge in [-0.1, -0.05) is 6.42 Å². The second kappa shape index (κ2) is 7.92. The van der Waals surface area contributed by atoms with Gasteiger partial charge in [0.1, 0.15) is 6.54 Å². The first-order valence-corrected chi connectivity index (χ1v) is 10.1. The van der Waals surface area contributed by atoms with Gasteiger partial charge >= 0.3 is 6.18 Å². The fraction of sp³-hybridized carbons (Fsp3) is 0.412. The topological polar surface area (TPSA) is 84.3 Å². The van der Waals surface area contributed by atoms with Gasteiger partial charge in [0.05, 0.1) is 4.90 Å². The molecule has 0 atom stereocenters. The highest BCUT2D eigenvalue weighted by Crippen LogP contribution is 2.27. The number of aromatic nitrogens is 2. The molecule has 1 N–H and O–H groups in total. The number of hydrogen-bond acceptors (Lipinski definition) is 4. The molecule has 1 aromatic heterocycles. The van der Waals surface area contributed by atoms with Gasteiger partial charge in [0.2, 0.25) is 15.9 Å². The van der Waals surface area contributed by atoms with Crippen molar-refractivity contribution in [1.82, 2.24) is 14.1 Å². The van der Waals surface area contributed by atoms with Crippen molar-refractivity contribution in [3.8, 4) is 0 Å². The van der Waals surface area contributed by atoms with Crippen LogP contribution in [0.4, 0.5) is 18.9 Å². The molecule has 1 aliphatic heterocycles. The number of amides is 1. The summed E-state index contributed by atoms with van der Waals surface area (Å²) >= 11 is 0. The van der Waals surface area contributed by atoms with E-state index in [1.165, 1.54) is 28.6 Å². The summed E-state index contributed by atoms with van der Waals surface area (Å²) in [7, 11) is -3.57. The van der Waals surface area contributed by atoms with Crippen molar-refractivity contribution in [2.75, 3.05) is 18.4 Å². The van der Waals surface area contributed by atoms with E-state index in [0.29, 0.717) is 18.8 Å². The number of anilines is 1. The second-order valence-electron chi connectivity index (χ2n) is 6.43. The van der Waals surface area contributed by atoms with Crippen LogP contribution in [0.3, 0.4) is 0 Å². The zero-order chi connectivity index (χ0) is 20.4. The standard InChI is InChI=1S/C17H19F3N4O3S/c18-17(19,20)15-8-11-23(22-15)12-16(25)21-13-4-6-14(7-5-13)28(26,27)24-9-2-1-3-10-24/h4-8,11H,1-3,9-10,12H2,(H,21,25). The van der Waals surface area contributed by atoms with Crippen LogP contribution in [0.5, 0.6) is 0 Å². The average molecular weight is 416 g/mol. The van der Waals surface area contributed by atoms with Gasteiger partial charge in [-0.2, -0.15) is 22.6 Å². The Labute approximate surface area is 160 Å². The summed E-state index contributed by atoms with van der Waals surface area (Å²) in [6, 6.07) is 6.47. The molecule has 3 rings (SSSR count). The molecule has 0 saturated carbocycles. The smallest absolute Gasteiger partial charge is 0.324 e. The Morgan fingerprint density at radius 2 is 1.71 bits per heavy atom. The van der Waals surface area contributed by atoms with Crippen molar-refractivity contribution in [2.45, 2.75) is 36.9 Å². The van der Waals surface area contributed by atoms with Gasteiger partial charge in [-0.05, 0) is 43.2 Å². The molecule has 2 aromatic rings. The number of carbonyl (C=O) groups excluding carboxylic acids is 1. The first-order valence-electron chi connectivity index (χ1n) is 8.67. The molecule has 152 valence electrons. The molecule has 0 unspecified atom stereocenters. The monoisotopic (exact) mass is 416 g/mol. The first kappa shape index (κ1) is 20.3. The molecule has 1 aromatic carbocycles. The molecule has 7 nitrogen and oxygen atoms in total. The van der Waals surface area contributed by atoms with Crippen LogP contribution in [0.2, 0.25) is 0 Å². The minimum Gasteiger partial charge on any atom is -0.324 e. The van der Waals surface area contributed by atoms with Crippen molar-refractivity contribution < 1.29 is 26.4 Å². The molecule has 1 amide bonds. The number of piperidine rings is 1. The zero-order valence-electron chi connectivity index (χ0n) is 14.8. The van der Waals surface area contributed by atoms with Gasteiger partial charge < -0.3 is 5.32 Å². The maximum Gasteiger partial charge on any atom is 0.435 e. The number of sulfonamides is 1. The number of nitrogens with one attached hydrogen (secondary N) is 1. The summed E-state index contributed by atoms with van der Waals surface area (Å²) in [5.74, 6) is -0.580. The largest absolute Gasteiger partial charge is 0.435 e. The Kier molecular flexibility index (Phi) is 5.75. The van der Waals surface area contributed by atoms with Gasteiger partial charge in [-0.3, -0.25) is 9.48 Å². The van der Waals surface area contributed by atoms with Crippen molar-refractivity contribution in [3.63, 3.8) is 0 Å². The summed E-state index contributed by atoms with van der Waals surface area (Å²) in [6.07, 6.45) is -0.834. The molecule has 2 heterocycles. The van der Waals surface area contributed by atoms with E-state index in [-0.39, 0.29) is 4.90 Å². The number of halogens is 3. The minimum atomic E-state index is -4.57. The Hall–Kier alpha value is -2.40. The quantitative estimate of drug-likeness (QED) is 0.812. The van der Waals surface area contributed by atoms with E-state index in [1.54, 1.807) is 0 Å². The van der Waals surface area contributed by atoms with Crippen LogP contribution in [-0.4, -0.2) is 41.5 Å². The molecule has 1 saturated heterocycles. The number of alkyl halides is 3. The van der Waals surface area contributed by atoms with Gasteiger partial charge in [0, 0.05) is 25.0 Å². The van der Waals surface area contributed by atoms with Gasteiger partial charge in [0.15, 0.2) is 5.69 Å². The van der Waals surface area contributed by atoms with Crippen molar-refractivity contribution >= 4 is 21.6 Å². The highest BCUT2D eigenvalue weighted by Gasteiger charge is 2.33. The number of rotatable bonds is 5. The van der Waals surface area contributed by atoms with E-state index in [4.69, 9.17) is 0 Å². The second-order valence-corrected chi connectivity index (χ2v) is 8.37. The summed E-state index contributed by atoms with van der Waals surface area (Å²) in [6.45, 7) is 0.582. The summed E-state index contributed by atoms with van der Waals surface area (Å²) in [5, 5.41) is 5.81. The third-order valence-electron chi connectivity index (χ3n) is 4.33. The molecule has 28 heavy (non-hydrogen) atoms. The predicted molar refractivity (Wildman–Crippen MR) is 94.9 cm³/mol. The highest BCUT2D eigenvalue weighted by molar-refractivity contribution is 7.89. The molecule has 0 spiro atoms. The lowest BCUT2D eigenvalue weighted by atomic mass is 10.2. The number of carbonyl (C=O) groups is 1. The Bertz CT molecular complexity index is 933. The highest BCUT2D eigenvalue weighted by atomic mass is 32.2. The summed E-state index contributed by atoms with van der Waals surface area (Å²) in [5.41, 5.74) is -0.738. The number of hydrogen-bond donors (Lipinski definition) is 1. The maximum absolute atomic E-state index is 12.6. The van der Waals surface area contributed by atoms with Gasteiger partial charge in [0.25, 0.3) is 0 Å². The Morgan fingerprint density at radius 1 is 1.07 bits per heavy atom. The first-order chi connectivity index (χ1) is 13.2. The zero-order valence-corrected chi connectivity index (χ0v) is 15.6. The summed E-state index contributed by atoms with van der Waals surface area (Å²) < 4.78 is 65.1. The van der Waals surface area contributed by atoms with Crippen LogP contribution in [0.15, 0.2) is 41.4 Å². The molecular formula is C17H19F3N4O3S. The third kappa shape index (κ3) is 4.71. The Balaban J connectivity index is 1.62. The fourth-order valence-corrected chi connectivity index (χ4v) is 4.43. The van der Waals surface area contributed by atoms with Crippen LogP contribution in [0.1, 0.15) is 25.0 Å². The van der Waals surface area contributed by atoms with Crippen LogP contribution in [-0.2, 0) is 27.5 Å². The normalized spacial score (nSPS) is 16.1. The molecule has 11 heteroatoms. The molecule has 0 bridgehead atoms. The van der Waals surface area contributed by atoms with Crippen molar-refractivity contribution in [3.05, 3.63) is 42.2 Å². The van der Waals surface area contributed by atoms with Crippen LogP contribution >= 0.6 is 0 Å². The average Bonchev–Trinajstić information content (AvgIpc) is 3.11. The number of benzene rings is 1. The van der Waals surface area contributed by atoms with Crippen LogP contribution in [0.25, 0.3) is 0 Å². The van der Waals surface area contributed by atoms with Crippen LogP contribution < -0.4 is 5.32 Å². The van der Waals surface area contributed by atoms with Crippen molar-refractivity contribution in [1.29, 1.82) is 0 Å². The minimum absolute atomic E-state index is 0.134. The van der Waals surface area contributed by atoms with Gasteiger partial charge in [-0.15, -0.1) is 0 Å². The summed E-state index contributed by atoms with van der Waals surface area (Å²) in [4.78, 5) is 12.1. The lowest BCUT2D eigenvalue weighted by Crippen LogP contribution is -2.35. The van der Waals surface area contributed by atoms with E-state index in [1.807, 2.05) is 0 Å². The molecule has 0 aliphatic carbocycles. The SMILES string of the molecule is O=C(Cn1ccc(C(F)(F)F)n1)Nc1ccc(S(=O)(=O)N2CCCCC2)cc1. The molecule has 1 aliphatic rings. The molecule has 0 radical (unpaired) electrons. The van der Waals surface area contributed by atoms with Gasteiger partial charge in [-0.25, -0.2) is 8.42 Å². The van der Waals surface area contributed by atoms with Crippen LogP contribution in [0, 0.1) is 0 Å². The van der Waals surface area contributed by atoms with E-state index >= 15 is 0 Å².